The molecule has 1 aliphatic rings. The Kier molecular flexibility index (Phi) is 2.31. The minimum Gasteiger partial charge on any atom is -0.202 e. The van der Waals surface area contributed by atoms with E-state index < -0.39 is 5.92 Å². The molecule has 0 radical (unpaired) electrons. The van der Waals surface area contributed by atoms with Gasteiger partial charge in [0.15, 0.2) is 0 Å². The van der Waals surface area contributed by atoms with Crippen molar-refractivity contribution in [3.8, 4) is 0 Å². The summed E-state index contributed by atoms with van der Waals surface area (Å²) in [5, 5.41) is 0. The van der Waals surface area contributed by atoms with Gasteiger partial charge in [-0.2, -0.15) is 0 Å². The Morgan fingerprint density at radius 3 is 2.55 bits per heavy atom. The van der Waals surface area contributed by atoms with Crippen molar-refractivity contribution in [2.75, 3.05) is 0 Å². The van der Waals surface area contributed by atoms with Crippen LogP contribution < -0.4 is 0 Å². The third-order valence-corrected chi connectivity index (χ3v) is 2.16. The molecule has 0 aromatic rings. The largest absolute Gasteiger partial charge is 0.266 e. The molecule has 2 heteroatoms. The van der Waals surface area contributed by atoms with E-state index in [1.165, 1.54) is 0 Å². The molecule has 1 rings (SSSR count). The van der Waals surface area contributed by atoms with Crippen LogP contribution in [0.25, 0.3) is 0 Å². The first kappa shape index (κ1) is 8.69. The number of alkyl halides is 2. The molecule has 1 atom stereocenters. The molecular formula is C9H14F2. The maximum Gasteiger partial charge on any atom is 0.266 e. The van der Waals surface area contributed by atoms with Crippen LogP contribution in [0.3, 0.4) is 0 Å². The van der Waals surface area contributed by atoms with Crippen molar-refractivity contribution in [3.63, 3.8) is 0 Å². The van der Waals surface area contributed by atoms with Gasteiger partial charge in [-0.15, -0.1) is 0 Å². The normalized spacial score (nSPS) is 26.5. The van der Waals surface area contributed by atoms with E-state index in [0.29, 0.717) is 17.9 Å². The van der Waals surface area contributed by atoms with Gasteiger partial charge in [-0.3, -0.25) is 0 Å². The summed E-state index contributed by atoms with van der Waals surface area (Å²) in [5.74, 6) is -2.25. The molecule has 0 aromatic heterocycles. The summed E-state index contributed by atoms with van der Waals surface area (Å²) < 4.78 is 25.4. The quantitative estimate of drug-likeness (QED) is 0.516. The minimum atomic E-state index is -2.59. The van der Waals surface area contributed by atoms with E-state index in [4.69, 9.17) is 0 Å². The van der Waals surface area contributed by atoms with Crippen molar-refractivity contribution in [1.82, 2.24) is 0 Å². The van der Waals surface area contributed by atoms with Crippen LogP contribution in [0.4, 0.5) is 8.78 Å². The Bertz CT molecular complexity index is 165. The highest BCUT2D eigenvalue weighted by molar-refractivity contribution is 5.14. The average Bonchev–Trinajstić information content (AvgIpc) is 1.86. The van der Waals surface area contributed by atoms with Crippen LogP contribution in [0.15, 0.2) is 11.6 Å². The van der Waals surface area contributed by atoms with Gasteiger partial charge >= 0.3 is 0 Å². The molecule has 11 heavy (non-hydrogen) atoms. The smallest absolute Gasteiger partial charge is 0.202 e. The fraction of sp³-hybridized carbons (Fsp3) is 0.778. The second-order valence-corrected chi connectivity index (χ2v) is 3.45. The monoisotopic (exact) mass is 160 g/mol. The lowest BCUT2D eigenvalue weighted by Crippen LogP contribution is -2.17. The van der Waals surface area contributed by atoms with E-state index in [0.717, 1.165) is 19.8 Å². The summed E-state index contributed by atoms with van der Waals surface area (Å²) in [6, 6.07) is 0. The fourth-order valence-corrected chi connectivity index (χ4v) is 1.49. The third-order valence-electron chi connectivity index (χ3n) is 2.16. The summed E-state index contributed by atoms with van der Waals surface area (Å²) in [7, 11) is 0. The second-order valence-electron chi connectivity index (χ2n) is 3.45. The standard InChI is InChI=1S/C9H14F2/c1-7-4-3-5-8(6-7)9(2,10)11/h6-7H,3-5H2,1-2H3. The van der Waals surface area contributed by atoms with Gasteiger partial charge in [0.2, 0.25) is 0 Å². The molecule has 0 nitrogen and oxygen atoms in total. The molecule has 0 spiro atoms. The lowest BCUT2D eigenvalue weighted by atomic mass is 9.89. The molecule has 64 valence electrons. The maximum atomic E-state index is 12.7. The van der Waals surface area contributed by atoms with E-state index in [1.807, 2.05) is 6.92 Å². The Labute approximate surface area is 66.3 Å². The number of rotatable bonds is 1. The van der Waals surface area contributed by atoms with Gasteiger partial charge in [0.25, 0.3) is 5.92 Å². The Hall–Kier alpha value is -0.400. The Balaban J connectivity index is 2.71. The first-order valence-electron chi connectivity index (χ1n) is 4.09. The van der Waals surface area contributed by atoms with Crippen LogP contribution in [0.2, 0.25) is 0 Å². The summed E-state index contributed by atoms with van der Waals surface area (Å²) in [6.07, 6.45) is 4.27. The molecule has 0 bridgehead atoms. The highest BCUT2D eigenvalue weighted by Gasteiger charge is 2.28. The first-order valence-corrected chi connectivity index (χ1v) is 4.09. The minimum absolute atomic E-state index is 0.330. The highest BCUT2D eigenvalue weighted by atomic mass is 19.3. The lowest BCUT2D eigenvalue weighted by molar-refractivity contribution is 0.0567. The van der Waals surface area contributed by atoms with Crippen LogP contribution in [0.5, 0.6) is 0 Å². The van der Waals surface area contributed by atoms with Crippen molar-refractivity contribution in [2.45, 2.75) is 39.0 Å². The van der Waals surface area contributed by atoms with Crippen molar-refractivity contribution in [3.05, 3.63) is 11.6 Å². The van der Waals surface area contributed by atoms with E-state index in [9.17, 15) is 8.78 Å². The van der Waals surface area contributed by atoms with Gasteiger partial charge < -0.3 is 0 Å². The molecule has 0 aromatic carbocycles. The SMILES string of the molecule is CC1C=C(C(C)(F)F)CCC1. The molecule has 1 unspecified atom stereocenters. The number of hydrogen-bond donors (Lipinski definition) is 0. The zero-order valence-corrected chi connectivity index (χ0v) is 7.03. The highest BCUT2D eigenvalue weighted by Crippen LogP contribution is 2.33. The molecule has 0 saturated carbocycles. The van der Waals surface area contributed by atoms with Gasteiger partial charge in [-0.1, -0.05) is 13.0 Å². The van der Waals surface area contributed by atoms with E-state index >= 15 is 0 Å². The Morgan fingerprint density at radius 1 is 1.55 bits per heavy atom. The van der Waals surface area contributed by atoms with Gasteiger partial charge in [0.1, 0.15) is 0 Å². The van der Waals surface area contributed by atoms with Gasteiger partial charge in [-0.05, 0) is 30.8 Å². The summed E-state index contributed by atoms with van der Waals surface area (Å²) in [5.41, 5.74) is 0.330. The van der Waals surface area contributed by atoms with Crippen LogP contribution in [-0.2, 0) is 0 Å². The molecular weight excluding hydrogens is 146 g/mol. The molecule has 1 aliphatic carbocycles. The number of halogens is 2. The zero-order chi connectivity index (χ0) is 8.48. The number of allylic oxidation sites excluding steroid dienone is 2. The Morgan fingerprint density at radius 2 is 2.18 bits per heavy atom. The van der Waals surface area contributed by atoms with Gasteiger partial charge in [0.05, 0.1) is 0 Å². The lowest BCUT2D eigenvalue weighted by Gasteiger charge is -2.22. The van der Waals surface area contributed by atoms with Crippen LogP contribution in [0.1, 0.15) is 33.1 Å². The van der Waals surface area contributed by atoms with Crippen LogP contribution >= 0.6 is 0 Å². The van der Waals surface area contributed by atoms with E-state index in [-0.39, 0.29) is 0 Å². The summed E-state index contributed by atoms with van der Waals surface area (Å²) in [6.45, 7) is 2.97. The topological polar surface area (TPSA) is 0 Å². The second kappa shape index (κ2) is 2.92. The van der Waals surface area contributed by atoms with Crippen LogP contribution in [0, 0.1) is 5.92 Å². The predicted molar refractivity (Wildman–Crippen MR) is 41.7 cm³/mol. The molecule has 0 amide bonds. The van der Waals surface area contributed by atoms with Crippen molar-refractivity contribution in [2.24, 2.45) is 5.92 Å². The van der Waals surface area contributed by atoms with Crippen molar-refractivity contribution in [1.29, 1.82) is 0 Å². The molecule has 0 aliphatic heterocycles. The van der Waals surface area contributed by atoms with Crippen LogP contribution in [-0.4, -0.2) is 5.92 Å². The fourth-order valence-electron chi connectivity index (χ4n) is 1.49. The first-order chi connectivity index (χ1) is 5.00. The average molecular weight is 160 g/mol. The van der Waals surface area contributed by atoms with E-state index in [1.54, 1.807) is 6.08 Å². The molecule has 0 heterocycles. The number of hydrogen-bond acceptors (Lipinski definition) is 0. The van der Waals surface area contributed by atoms with Gasteiger partial charge in [0, 0.05) is 6.92 Å². The zero-order valence-electron chi connectivity index (χ0n) is 7.03. The molecule has 0 saturated heterocycles. The van der Waals surface area contributed by atoms with E-state index in [2.05, 4.69) is 0 Å². The van der Waals surface area contributed by atoms with Crippen molar-refractivity contribution >= 4 is 0 Å². The van der Waals surface area contributed by atoms with Gasteiger partial charge in [-0.25, -0.2) is 8.78 Å². The summed E-state index contributed by atoms with van der Waals surface area (Å²) >= 11 is 0. The molecule has 0 fully saturated rings. The summed E-state index contributed by atoms with van der Waals surface area (Å²) in [4.78, 5) is 0. The third kappa shape index (κ3) is 2.28. The van der Waals surface area contributed by atoms with Crippen molar-refractivity contribution < 1.29 is 8.78 Å². The molecule has 0 N–H and O–H groups in total. The predicted octanol–water partition coefficient (Wildman–Crippen LogP) is 3.39. The maximum absolute atomic E-state index is 12.7.